The minimum atomic E-state index is -0.414. The smallest absolute Gasteiger partial charge is 0.124 e. The number of nitrogens with zero attached hydrogens (tertiary/aromatic N) is 1. The van der Waals surface area contributed by atoms with E-state index in [4.69, 9.17) is 14.7 Å². The summed E-state index contributed by atoms with van der Waals surface area (Å²) in [6.45, 7) is 3.84. The largest absolute Gasteiger partial charge is 0.379 e. The van der Waals surface area contributed by atoms with Crippen molar-refractivity contribution >= 4 is 0 Å². The van der Waals surface area contributed by atoms with Gasteiger partial charge in [0.2, 0.25) is 0 Å². The Kier molecular flexibility index (Phi) is 5.48. The fourth-order valence-electron chi connectivity index (χ4n) is 1.25. The second kappa shape index (κ2) is 6.94. The van der Waals surface area contributed by atoms with Crippen LogP contribution in [-0.2, 0) is 16.1 Å². The van der Waals surface area contributed by atoms with Crippen LogP contribution in [0.3, 0.4) is 0 Å². The molecule has 0 N–H and O–H groups in total. The maximum Gasteiger partial charge on any atom is 0.124 e. The zero-order valence-electron chi connectivity index (χ0n) is 9.20. The second-order valence-corrected chi connectivity index (χ2v) is 3.21. The normalized spacial score (nSPS) is 10.1. The van der Waals surface area contributed by atoms with Crippen molar-refractivity contribution in [1.29, 1.82) is 5.26 Å². The van der Waals surface area contributed by atoms with Gasteiger partial charge in [0.15, 0.2) is 0 Å². The van der Waals surface area contributed by atoms with Crippen LogP contribution in [0.15, 0.2) is 18.2 Å². The first-order valence-corrected chi connectivity index (χ1v) is 5.11. The van der Waals surface area contributed by atoms with Gasteiger partial charge in [0.05, 0.1) is 31.5 Å². The Morgan fingerprint density at radius 3 is 2.69 bits per heavy atom. The van der Waals surface area contributed by atoms with Crippen LogP contribution in [0.5, 0.6) is 0 Å². The molecule has 1 aromatic carbocycles. The summed E-state index contributed by atoms with van der Waals surface area (Å²) < 4.78 is 23.4. The summed E-state index contributed by atoms with van der Waals surface area (Å²) in [6, 6.07) is 6.07. The highest BCUT2D eigenvalue weighted by atomic mass is 19.1. The number of hydrogen-bond acceptors (Lipinski definition) is 3. The summed E-state index contributed by atoms with van der Waals surface area (Å²) in [6.07, 6.45) is 0. The number of hydrogen-bond donors (Lipinski definition) is 0. The summed E-state index contributed by atoms with van der Waals surface area (Å²) in [5, 5.41) is 8.65. The average molecular weight is 223 g/mol. The van der Waals surface area contributed by atoms with Gasteiger partial charge in [0, 0.05) is 6.61 Å². The molecule has 0 heterocycles. The van der Waals surface area contributed by atoms with Crippen LogP contribution < -0.4 is 0 Å². The molecule has 3 nitrogen and oxygen atoms in total. The predicted molar refractivity (Wildman–Crippen MR) is 57.3 cm³/mol. The molecule has 0 radical (unpaired) electrons. The SMILES string of the molecule is CCOCCOCc1cc(F)cc(C#N)c1. The van der Waals surface area contributed by atoms with E-state index in [2.05, 4.69) is 0 Å². The van der Waals surface area contributed by atoms with Gasteiger partial charge in [-0.1, -0.05) is 0 Å². The number of rotatable bonds is 6. The third-order valence-corrected chi connectivity index (χ3v) is 1.93. The van der Waals surface area contributed by atoms with E-state index in [9.17, 15) is 4.39 Å². The first kappa shape index (κ1) is 12.6. The monoisotopic (exact) mass is 223 g/mol. The predicted octanol–water partition coefficient (Wildman–Crippen LogP) is 2.25. The Balaban J connectivity index is 2.42. The van der Waals surface area contributed by atoms with Gasteiger partial charge in [-0.05, 0) is 30.7 Å². The molecule has 0 aliphatic rings. The first-order chi connectivity index (χ1) is 7.76. The van der Waals surface area contributed by atoms with Gasteiger partial charge in [-0.25, -0.2) is 4.39 Å². The minimum Gasteiger partial charge on any atom is -0.379 e. The Morgan fingerprint density at radius 1 is 1.25 bits per heavy atom. The molecule has 86 valence electrons. The molecule has 4 heteroatoms. The van der Waals surface area contributed by atoms with E-state index in [1.807, 2.05) is 13.0 Å². The van der Waals surface area contributed by atoms with Crippen LogP contribution in [0.4, 0.5) is 4.39 Å². The van der Waals surface area contributed by atoms with E-state index in [-0.39, 0.29) is 0 Å². The minimum absolute atomic E-state index is 0.291. The van der Waals surface area contributed by atoms with Gasteiger partial charge in [-0.15, -0.1) is 0 Å². The quantitative estimate of drug-likeness (QED) is 0.694. The molecule has 0 amide bonds. The van der Waals surface area contributed by atoms with Crippen LogP contribution in [0, 0.1) is 17.1 Å². The first-order valence-electron chi connectivity index (χ1n) is 5.11. The summed E-state index contributed by atoms with van der Waals surface area (Å²) >= 11 is 0. The van der Waals surface area contributed by atoms with Crippen LogP contribution in [0.25, 0.3) is 0 Å². The molecular weight excluding hydrogens is 209 g/mol. The van der Waals surface area contributed by atoms with E-state index >= 15 is 0 Å². The fourth-order valence-corrected chi connectivity index (χ4v) is 1.25. The van der Waals surface area contributed by atoms with E-state index in [1.165, 1.54) is 12.1 Å². The van der Waals surface area contributed by atoms with Crippen molar-refractivity contribution in [2.24, 2.45) is 0 Å². The van der Waals surface area contributed by atoms with Crippen molar-refractivity contribution in [3.8, 4) is 6.07 Å². The Bertz CT molecular complexity index is 374. The summed E-state index contributed by atoms with van der Waals surface area (Å²) in [5.74, 6) is -0.414. The number of ether oxygens (including phenoxy) is 2. The zero-order chi connectivity index (χ0) is 11.8. The number of nitriles is 1. The Hall–Kier alpha value is -1.44. The molecule has 0 spiro atoms. The van der Waals surface area contributed by atoms with Gasteiger partial charge in [-0.3, -0.25) is 0 Å². The van der Waals surface area contributed by atoms with Gasteiger partial charge in [-0.2, -0.15) is 5.26 Å². The van der Waals surface area contributed by atoms with E-state index < -0.39 is 5.82 Å². The molecule has 0 aliphatic heterocycles. The molecule has 0 unspecified atom stereocenters. The molecule has 0 aromatic heterocycles. The lowest BCUT2D eigenvalue weighted by molar-refractivity contribution is 0.0452. The fraction of sp³-hybridized carbons (Fsp3) is 0.417. The van der Waals surface area contributed by atoms with Crippen molar-refractivity contribution in [1.82, 2.24) is 0 Å². The number of halogens is 1. The number of benzene rings is 1. The summed E-state index contributed by atoms with van der Waals surface area (Å²) in [4.78, 5) is 0. The maximum absolute atomic E-state index is 13.0. The highest BCUT2D eigenvalue weighted by Crippen LogP contribution is 2.09. The van der Waals surface area contributed by atoms with Gasteiger partial charge < -0.3 is 9.47 Å². The molecular formula is C12H14FNO2. The third-order valence-electron chi connectivity index (χ3n) is 1.93. The topological polar surface area (TPSA) is 42.2 Å². The van der Waals surface area contributed by atoms with Crippen LogP contribution in [-0.4, -0.2) is 19.8 Å². The van der Waals surface area contributed by atoms with Crippen molar-refractivity contribution < 1.29 is 13.9 Å². The van der Waals surface area contributed by atoms with Crippen molar-refractivity contribution in [3.63, 3.8) is 0 Å². The molecule has 0 bridgehead atoms. The van der Waals surface area contributed by atoms with E-state index in [1.54, 1.807) is 6.07 Å². The lowest BCUT2D eigenvalue weighted by atomic mass is 10.1. The van der Waals surface area contributed by atoms with Crippen LogP contribution in [0.2, 0.25) is 0 Å². The average Bonchev–Trinajstić information content (AvgIpc) is 2.28. The lowest BCUT2D eigenvalue weighted by Crippen LogP contribution is -2.04. The van der Waals surface area contributed by atoms with Crippen molar-refractivity contribution in [3.05, 3.63) is 35.1 Å². The van der Waals surface area contributed by atoms with Crippen molar-refractivity contribution in [2.75, 3.05) is 19.8 Å². The van der Waals surface area contributed by atoms with Gasteiger partial charge in [0.25, 0.3) is 0 Å². The third kappa shape index (κ3) is 4.39. The van der Waals surface area contributed by atoms with Crippen LogP contribution in [0.1, 0.15) is 18.1 Å². The molecule has 0 fully saturated rings. The Morgan fingerprint density at radius 2 is 2.00 bits per heavy atom. The Labute approximate surface area is 94.4 Å². The van der Waals surface area contributed by atoms with Crippen molar-refractivity contribution in [2.45, 2.75) is 13.5 Å². The highest BCUT2D eigenvalue weighted by molar-refractivity contribution is 5.33. The van der Waals surface area contributed by atoms with E-state index in [0.717, 1.165) is 0 Å². The van der Waals surface area contributed by atoms with Gasteiger partial charge >= 0.3 is 0 Å². The molecule has 0 aliphatic carbocycles. The molecule has 1 rings (SSSR count). The molecule has 16 heavy (non-hydrogen) atoms. The molecule has 0 saturated carbocycles. The molecule has 0 saturated heterocycles. The van der Waals surface area contributed by atoms with E-state index in [0.29, 0.717) is 37.6 Å². The highest BCUT2D eigenvalue weighted by Gasteiger charge is 2.00. The zero-order valence-corrected chi connectivity index (χ0v) is 9.20. The maximum atomic E-state index is 13.0. The molecule has 0 atom stereocenters. The summed E-state index contributed by atoms with van der Waals surface area (Å²) in [7, 11) is 0. The molecule has 1 aromatic rings. The van der Waals surface area contributed by atoms with Crippen LogP contribution >= 0.6 is 0 Å². The lowest BCUT2D eigenvalue weighted by Gasteiger charge is -2.05. The second-order valence-electron chi connectivity index (χ2n) is 3.21. The summed E-state index contributed by atoms with van der Waals surface area (Å²) in [5.41, 5.74) is 0.969. The standard InChI is InChI=1S/C12H14FNO2/c1-2-15-3-4-16-9-11-5-10(8-14)6-12(13)7-11/h5-7H,2-4,9H2,1H3. The van der Waals surface area contributed by atoms with Gasteiger partial charge in [0.1, 0.15) is 5.82 Å².